The van der Waals surface area contributed by atoms with E-state index in [-0.39, 0.29) is 6.10 Å². The van der Waals surface area contributed by atoms with Gasteiger partial charge in [0.05, 0.1) is 6.10 Å². The molecule has 10 heavy (non-hydrogen) atoms. The van der Waals surface area contributed by atoms with Crippen LogP contribution in [0, 0.1) is 0 Å². The van der Waals surface area contributed by atoms with Gasteiger partial charge in [-0.1, -0.05) is 0 Å². The van der Waals surface area contributed by atoms with E-state index in [0.717, 1.165) is 38.8 Å². The van der Waals surface area contributed by atoms with E-state index in [1.807, 2.05) is 0 Å². The summed E-state index contributed by atoms with van der Waals surface area (Å²) in [6.45, 7) is 2.30. The summed E-state index contributed by atoms with van der Waals surface area (Å²) in [5.74, 6) is 0. The van der Waals surface area contributed by atoms with Crippen LogP contribution in [0.4, 0.5) is 0 Å². The zero-order chi connectivity index (χ0) is 7.40. The Hall–Kier alpha value is -0.0800. The van der Waals surface area contributed by atoms with Gasteiger partial charge in [-0.2, -0.15) is 0 Å². The van der Waals surface area contributed by atoms with E-state index in [1.54, 1.807) is 0 Å². The third kappa shape index (κ3) is 2.67. The molecular weight excluding hydrogens is 126 g/mol. The van der Waals surface area contributed by atoms with Crippen molar-refractivity contribution in [2.24, 2.45) is 0 Å². The van der Waals surface area contributed by atoms with Crippen LogP contribution in [0.2, 0.25) is 0 Å². The van der Waals surface area contributed by atoms with Crippen molar-refractivity contribution in [1.29, 1.82) is 0 Å². The summed E-state index contributed by atoms with van der Waals surface area (Å²) in [6, 6.07) is 0. The minimum Gasteiger partial charge on any atom is -0.393 e. The van der Waals surface area contributed by atoms with E-state index in [0.29, 0.717) is 0 Å². The van der Waals surface area contributed by atoms with E-state index < -0.39 is 0 Å². The Kier molecular flexibility index (Phi) is 3.16. The lowest BCUT2D eigenvalue weighted by Gasteiger charge is -2.21. The fourth-order valence-corrected chi connectivity index (χ4v) is 1.45. The molecule has 0 unspecified atom stereocenters. The average Bonchev–Trinajstić information content (AvgIpc) is 1.84. The van der Waals surface area contributed by atoms with E-state index in [2.05, 4.69) is 11.9 Å². The van der Waals surface area contributed by atoms with E-state index in [9.17, 15) is 5.11 Å². The number of aliphatic hydroxyl groups is 1. The molecule has 0 aromatic heterocycles. The van der Waals surface area contributed by atoms with Gasteiger partial charge in [-0.05, 0) is 45.8 Å². The van der Waals surface area contributed by atoms with Crippen LogP contribution in [0.1, 0.15) is 25.7 Å². The maximum Gasteiger partial charge on any atom is 0.0541 e. The normalized spacial score (nSPS) is 25.8. The van der Waals surface area contributed by atoms with Gasteiger partial charge in [0.25, 0.3) is 0 Å². The second-order valence-electron chi connectivity index (χ2n) is 3.24. The molecule has 0 amide bonds. The number of likely N-dealkylation sites (tertiary alicyclic amines) is 1. The molecule has 2 nitrogen and oxygen atoms in total. The van der Waals surface area contributed by atoms with Crippen LogP contribution < -0.4 is 0 Å². The molecule has 2 heteroatoms. The van der Waals surface area contributed by atoms with Gasteiger partial charge < -0.3 is 10.0 Å². The Morgan fingerprint density at radius 3 is 2.20 bits per heavy atom. The predicted molar refractivity (Wildman–Crippen MR) is 42.0 cm³/mol. The Labute approximate surface area is 62.8 Å². The van der Waals surface area contributed by atoms with E-state index in [4.69, 9.17) is 0 Å². The smallest absolute Gasteiger partial charge is 0.0541 e. The molecule has 1 saturated heterocycles. The van der Waals surface area contributed by atoms with E-state index in [1.165, 1.54) is 0 Å². The van der Waals surface area contributed by atoms with Gasteiger partial charge in [0, 0.05) is 0 Å². The highest BCUT2D eigenvalue weighted by Gasteiger charge is 2.09. The second kappa shape index (κ2) is 3.94. The molecule has 0 aromatic carbocycles. The van der Waals surface area contributed by atoms with Gasteiger partial charge in [0.2, 0.25) is 0 Å². The van der Waals surface area contributed by atoms with Crippen molar-refractivity contribution in [3.8, 4) is 0 Å². The number of hydrogen-bond acceptors (Lipinski definition) is 2. The van der Waals surface area contributed by atoms with Gasteiger partial charge in [-0.15, -0.1) is 0 Å². The lowest BCUT2D eigenvalue weighted by Crippen LogP contribution is -2.25. The quantitative estimate of drug-likeness (QED) is 0.543. The largest absolute Gasteiger partial charge is 0.393 e. The lowest BCUT2D eigenvalue weighted by molar-refractivity contribution is 0.127. The Morgan fingerprint density at radius 2 is 1.70 bits per heavy atom. The van der Waals surface area contributed by atoms with Crippen molar-refractivity contribution >= 4 is 0 Å². The average molecular weight is 143 g/mol. The van der Waals surface area contributed by atoms with Gasteiger partial charge in [0.15, 0.2) is 0 Å². The maximum absolute atomic E-state index is 9.28. The van der Waals surface area contributed by atoms with Crippen LogP contribution in [0.15, 0.2) is 0 Å². The monoisotopic (exact) mass is 143 g/mol. The van der Waals surface area contributed by atoms with Crippen molar-refractivity contribution in [2.75, 3.05) is 20.1 Å². The molecule has 0 aromatic rings. The highest BCUT2D eigenvalue weighted by molar-refractivity contribution is 4.63. The van der Waals surface area contributed by atoms with Crippen LogP contribution in [0.25, 0.3) is 0 Å². The van der Waals surface area contributed by atoms with Gasteiger partial charge >= 0.3 is 0 Å². The van der Waals surface area contributed by atoms with E-state index >= 15 is 0 Å². The molecule has 1 N–H and O–H groups in total. The molecule has 1 aliphatic heterocycles. The maximum atomic E-state index is 9.28. The zero-order valence-electron chi connectivity index (χ0n) is 6.71. The summed E-state index contributed by atoms with van der Waals surface area (Å²) in [4.78, 5) is 2.34. The van der Waals surface area contributed by atoms with Gasteiger partial charge in [-0.25, -0.2) is 0 Å². The minimum atomic E-state index is -0.0197. The number of hydrogen-bond donors (Lipinski definition) is 1. The molecule has 0 atom stereocenters. The molecule has 0 aliphatic carbocycles. The summed E-state index contributed by atoms with van der Waals surface area (Å²) < 4.78 is 0. The fraction of sp³-hybridized carbons (Fsp3) is 1.00. The number of rotatable bonds is 0. The minimum absolute atomic E-state index is 0.0197. The molecule has 1 aliphatic rings. The zero-order valence-corrected chi connectivity index (χ0v) is 6.71. The Bertz CT molecular complexity index is 75.3. The number of aliphatic hydroxyl groups excluding tert-OH is 1. The first-order valence-corrected chi connectivity index (χ1v) is 4.15. The Morgan fingerprint density at radius 1 is 1.20 bits per heavy atom. The third-order valence-corrected chi connectivity index (χ3v) is 2.15. The predicted octanol–water partition coefficient (Wildman–Crippen LogP) is 0.853. The van der Waals surface area contributed by atoms with Crippen LogP contribution >= 0.6 is 0 Å². The second-order valence-corrected chi connectivity index (χ2v) is 3.24. The molecule has 0 radical (unpaired) electrons. The fourth-order valence-electron chi connectivity index (χ4n) is 1.45. The van der Waals surface area contributed by atoms with Gasteiger partial charge in [-0.3, -0.25) is 0 Å². The summed E-state index contributed by atoms with van der Waals surface area (Å²) in [5, 5.41) is 9.28. The molecular formula is C8H17NO. The molecule has 1 fully saturated rings. The van der Waals surface area contributed by atoms with Crippen LogP contribution in [0.3, 0.4) is 0 Å². The van der Waals surface area contributed by atoms with Crippen LogP contribution in [-0.4, -0.2) is 36.2 Å². The van der Waals surface area contributed by atoms with Crippen LogP contribution in [-0.2, 0) is 0 Å². The first kappa shape index (κ1) is 8.02. The molecule has 0 spiro atoms. The summed E-state index contributed by atoms with van der Waals surface area (Å²) in [7, 11) is 2.15. The first-order chi connectivity index (χ1) is 4.79. The van der Waals surface area contributed by atoms with Gasteiger partial charge in [0.1, 0.15) is 0 Å². The molecule has 1 heterocycles. The molecule has 1 rings (SSSR count). The molecule has 0 bridgehead atoms. The van der Waals surface area contributed by atoms with Crippen LogP contribution in [0.5, 0.6) is 0 Å². The van der Waals surface area contributed by atoms with Crippen molar-refractivity contribution < 1.29 is 5.11 Å². The summed E-state index contributed by atoms with van der Waals surface area (Å²) in [5.41, 5.74) is 0. The Balaban J connectivity index is 2.21. The van der Waals surface area contributed by atoms with Crippen molar-refractivity contribution in [3.05, 3.63) is 0 Å². The SMILES string of the molecule is CN1CCCC(O)CCC1. The van der Waals surface area contributed by atoms with Crippen molar-refractivity contribution in [2.45, 2.75) is 31.8 Å². The standard InChI is InChI=1S/C8H17NO/c1-9-6-2-4-8(10)5-3-7-9/h8,10H,2-7H2,1H3. The first-order valence-electron chi connectivity index (χ1n) is 4.15. The summed E-state index contributed by atoms with van der Waals surface area (Å²) in [6.07, 6.45) is 4.26. The van der Waals surface area contributed by atoms with Crippen molar-refractivity contribution in [1.82, 2.24) is 4.90 Å². The van der Waals surface area contributed by atoms with Crippen molar-refractivity contribution in [3.63, 3.8) is 0 Å². The number of nitrogens with zero attached hydrogens (tertiary/aromatic N) is 1. The highest BCUT2D eigenvalue weighted by Crippen LogP contribution is 2.09. The molecule has 60 valence electrons. The molecule has 0 saturated carbocycles. The highest BCUT2D eigenvalue weighted by atomic mass is 16.3. The lowest BCUT2D eigenvalue weighted by atomic mass is 10.1. The summed E-state index contributed by atoms with van der Waals surface area (Å²) >= 11 is 0. The topological polar surface area (TPSA) is 23.5 Å². The third-order valence-electron chi connectivity index (χ3n) is 2.15.